The summed E-state index contributed by atoms with van der Waals surface area (Å²) in [7, 11) is 0. The normalized spacial score (nSPS) is 15.6. The van der Waals surface area contributed by atoms with Crippen molar-refractivity contribution in [2.45, 2.75) is 6.42 Å². The number of thiocarbonyl (C=S) groups is 1. The van der Waals surface area contributed by atoms with Crippen LogP contribution >= 0.6 is 24.0 Å². The van der Waals surface area contributed by atoms with Crippen LogP contribution in [0.25, 0.3) is 6.08 Å². The number of nitrogens with one attached hydrogen (secondary N) is 1. The third kappa shape index (κ3) is 4.56. The van der Waals surface area contributed by atoms with Gasteiger partial charge in [-0.05, 0) is 35.9 Å². The molecular weight excluding hydrogens is 371 g/mol. The number of benzene rings is 2. The molecule has 1 fully saturated rings. The van der Waals surface area contributed by atoms with Gasteiger partial charge in [0.05, 0.1) is 4.91 Å². The van der Waals surface area contributed by atoms with Crippen molar-refractivity contribution in [3.8, 4) is 0 Å². The molecule has 0 unspecified atom stereocenters. The van der Waals surface area contributed by atoms with Gasteiger partial charge in [0.1, 0.15) is 10.1 Å². The Morgan fingerprint density at radius 1 is 1.15 bits per heavy atom. The van der Waals surface area contributed by atoms with E-state index in [2.05, 4.69) is 5.32 Å². The Kier molecular flexibility index (Phi) is 5.80. The van der Waals surface area contributed by atoms with E-state index in [-0.39, 0.29) is 30.6 Å². The van der Waals surface area contributed by atoms with Gasteiger partial charge in [0, 0.05) is 18.7 Å². The highest BCUT2D eigenvalue weighted by Gasteiger charge is 2.32. The highest BCUT2D eigenvalue weighted by atomic mass is 32.2. The van der Waals surface area contributed by atoms with Crippen molar-refractivity contribution in [2.24, 2.45) is 0 Å². The Balaban J connectivity index is 1.58. The minimum Gasteiger partial charge on any atom is -0.326 e. The summed E-state index contributed by atoms with van der Waals surface area (Å²) in [6, 6.07) is 15.0. The van der Waals surface area contributed by atoms with Crippen LogP contribution < -0.4 is 5.32 Å². The fraction of sp³-hybridized carbons (Fsp3) is 0.105. The van der Waals surface area contributed by atoms with Crippen LogP contribution in [0.3, 0.4) is 0 Å². The van der Waals surface area contributed by atoms with Crippen molar-refractivity contribution < 1.29 is 14.0 Å². The fourth-order valence-corrected chi connectivity index (χ4v) is 3.67. The third-order valence-corrected chi connectivity index (χ3v) is 5.04. The van der Waals surface area contributed by atoms with Crippen LogP contribution in [-0.4, -0.2) is 27.6 Å². The van der Waals surface area contributed by atoms with Gasteiger partial charge < -0.3 is 5.32 Å². The van der Waals surface area contributed by atoms with Gasteiger partial charge in [-0.1, -0.05) is 54.3 Å². The van der Waals surface area contributed by atoms with Gasteiger partial charge in [-0.2, -0.15) is 0 Å². The van der Waals surface area contributed by atoms with Crippen LogP contribution in [0.1, 0.15) is 12.0 Å². The molecular formula is C19H15FN2O2S2. The predicted octanol–water partition coefficient (Wildman–Crippen LogP) is 4.06. The maximum Gasteiger partial charge on any atom is 0.266 e. The Morgan fingerprint density at radius 2 is 1.85 bits per heavy atom. The number of hydrogen-bond acceptors (Lipinski definition) is 4. The van der Waals surface area contributed by atoms with E-state index in [0.717, 1.165) is 5.56 Å². The van der Waals surface area contributed by atoms with Gasteiger partial charge in [-0.15, -0.1) is 0 Å². The van der Waals surface area contributed by atoms with E-state index in [1.807, 2.05) is 30.3 Å². The summed E-state index contributed by atoms with van der Waals surface area (Å²) in [6.45, 7) is 0.198. The second-order valence-corrected chi connectivity index (χ2v) is 7.22. The molecule has 0 saturated carbocycles. The van der Waals surface area contributed by atoms with Crippen LogP contribution in [0, 0.1) is 5.82 Å². The van der Waals surface area contributed by atoms with Crippen LogP contribution in [0.5, 0.6) is 0 Å². The fourth-order valence-electron chi connectivity index (χ4n) is 2.36. The average Bonchev–Trinajstić information content (AvgIpc) is 2.89. The molecule has 7 heteroatoms. The number of rotatable bonds is 5. The Bertz CT molecular complexity index is 867. The standard InChI is InChI=1S/C19H15FN2O2S2/c20-14-6-8-15(9-7-14)21-17(23)10-11-22-18(24)16(26-19(22)25)12-13-4-2-1-3-5-13/h1-9,12H,10-11H2,(H,21,23)/b16-12-. The van der Waals surface area contributed by atoms with Crippen LogP contribution in [0.2, 0.25) is 0 Å². The Morgan fingerprint density at radius 3 is 2.54 bits per heavy atom. The summed E-state index contributed by atoms with van der Waals surface area (Å²) >= 11 is 6.49. The molecule has 3 rings (SSSR count). The maximum atomic E-state index is 12.9. The van der Waals surface area contributed by atoms with E-state index in [4.69, 9.17) is 12.2 Å². The maximum absolute atomic E-state index is 12.9. The van der Waals surface area contributed by atoms with Crippen molar-refractivity contribution >= 4 is 51.9 Å². The van der Waals surface area contributed by atoms with Gasteiger partial charge >= 0.3 is 0 Å². The molecule has 1 heterocycles. The SMILES string of the molecule is O=C(CCN1C(=O)/C(=C/c2ccccc2)SC1=S)Nc1ccc(F)cc1. The number of thioether (sulfide) groups is 1. The second kappa shape index (κ2) is 8.25. The first-order valence-corrected chi connectivity index (χ1v) is 9.11. The topological polar surface area (TPSA) is 49.4 Å². The minimum atomic E-state index is -0.370. The van der Waals surface area contributed by atoms with Gasteiger partial charge in [0.15, 0.2) is 0 Å². The van der Waals surface area contributed by atoms with Gasteiger partial charge in [0.2, 0.25) is 5.91 Å². The predicted molar refractivity (Wildman–Crippen MR) is 106 cm³/mol. The van der Waals surface area contributed by atoms with E-state index in [0.29, 0.717) is 14.9 Å². The van der Waals surface area contributed by atoms with Gasteiger partial charge in [-0.3, -0.25) is 14.5 Å². The summed E-state index contributed by atoms with van der Waals surface area (Å²) in [5.74, 6) is -0.832. The zero-order valence-electron chi connectivity index (χ0n) is 13.6. The zero-order valence-corrected chi connectivity index (χ0v) is 15.3. The van der Waals surface area contributed by atoms with Crippen molar-refractivity contribution in [2.75, 3.05) is 11.9 Å². The second-order valence-electron chi connectivity index (χ2n) is 5.55. The lowest BCUT2D eigenvalue weighted by Crippen LogP contribution is -2.31. The van der Waals surface area contributed by atoms with E-state index in [9.17, 15) is 14.0 Å². The molecule has 26 heavy (non-hydrogen) atoms. The monoisotopic (exact) mass is 386 g/mol. The number of nitrogens with zero attached hydrogens (tertiary/aromatic N) is 1. The van der Waals surface area contributed by atoms with Crippen LogP contribution in [0.4, 0.5) is 10.1 Å². The average molecular weight is 386 g/mol. The third-order valence-electron chi connectivity index (χ3n) is 3.66. The smallest absolute Gasteiger partial charge is 0.266 e. The molecule has 1 saturated heterocycles. The van der Waals surface area contributed by atoms with Crippen molar-refractivity contribution in [1.29, 1.82) is 0 Å². The molecule has 0 atom stereocenters. The van der Waals surface area contributed by atoms with Gasteiger partial charge in [-0.25, -0.2) is 4.39 Å². The minimum absolute atomic E-state index is 0.0996. The Hall–Kier alpha value is -2.51. The van der Waals surface area contributed by atoms with E-state index >= 15 is 0 Å². The first kappa shape index (κ1) is 18.3. The summed E-state index contributed by atoms with van der Waals surface area (Å²) in [5, 5.41) is 2.67. The number of amides is 2. The summed E-state index contributed by atoms with van der Waals surface area (Å²) in [6.07, 6.45) is 1.89. The molecule has 0 radical (unpaired) electrons. The molecule has 1 aliphatic rings. The Labute approximate surface area is 160 Å². The molecule has 0 aromatic heterocycles. The lowest BCUT2D eigenvalue weighted by atomic mass is 10.2. The number of anilines is 1. The highest BCUT2D eigenvalue weighted by molar-refractivity contribution is 8.26. The summed E-state index contributed by atoms with van der Waals surface area (Å²) in [5.41, 5.74) is 1.42. The van der Waals surface area contributed by atoms with Crippen molar-refractivity contribution in [3.05, 3.63) is 70.9 Å². The molecule has 1 N–H and O–H groups in total. The molecule has 2 aromatic carbocycles. The number of carbonyl (C=O) groups is 2. The van der Waals surface area contributed by atoms with Crippen LogP contribution in [0.15, 0.2) is 59.5 Å². The van der Waals surface area contributed by atoms with Crippen molar-refractivity contribution in [3.63, 3.8) is 0 Å². The molecule has 1 aliphatic heterocycles. The molecule has 2 amide bonds. The molecule has 0 spiro atoms. The molecule has 2 aromatic rings. The van der Waals surface area contributed by atoms with Gasteiger partial charge in [0.25, 0.3) is 5.91 Å². The lowest BCUT2D eigenvalue weighted by molar-refractivity contribution is -0.122. The largest absolute Gasteiger partial charge is 0.326 e. The van der Waals surface area contributed by atoms with E-state index in [1.54, 1.807) is 6.08 Å². The first-order chi connectivity index (χ1) is 12.5. The van der Waals surface area contributed by atoms with E-state index < -0.39 is 0 Å². The zero-order chi connectivity index (χ0) is 18.5. The molecule has 0 bridgehead atoms. The molecule has 132 valence electrons. The number of halogens is 1. The summed E-state index contributed by atoms with van der Waals surface area (Å²) in [4.78, 5) is 26.5. The lowest BCUT2D eigenvalue weighted by Gasteiger charge is -2.14. The number of hydrogen-bond donors (Lipinski definition) is 1. The molecule has 0 aliphatic carbocycles. The van der Waals surface area contributed by atoms with Crippen molar-refractivity contribution in [1.82, 2.24) is 4.90 Å². The first-order valence-electron chi connectivity index (χ1n) is 7.89. The number of carbonyl (C=O) groups excluding carboxylic acids is 2. The highest BCUT2D eigenvalue weighted by Crippen LogP contribution is 2.32. The van der Waals surface area contributed by atoms with Crippen LogP contribution in [-0.2, 0) is 9.59 Å². The molecule has 4 nitrogen and oxygen atoms in total. The summed E-state index contributed by atoms with van der Waals surface area (Å²) < 4.78 is 13.3. The van der Waals surface area contributed by atoms with E-state index in [1.165, 1.54) is 40.9 Å². The quantitative estimate of drug-likeness (QED) is 0.622.